The Morgan fingerprint density at radius 2 is 1.92 bits per heavy atom. The molecule has 0 aliphatic carbocycles. The number of halogens is 2. The van der Waals surface area contributed by atoms with Crippen molar-refractivity contribution in [3.8, 4) is 0 Å². The number of carbonyl (C=O) groups excluding carboxylic acids is 1. The number of fused-ring (bicyclic) bond motifs is 1. The zero-order chi connectivity index (χ0) is 18.5. The first-order chi connectivity index (χ1) is 10.8. The van der Waals surface area contributed by atoms with Gasteiger partial charge in [-0.2, -0.15) is 8.78 Å². The van der Waals surface area contributed by atoms with E-state index in [1.54, 1.807) is 20.8 Å². The molecule has 2 rings (SSSR count). The summed E-state index contributed by atoms with van der Waals surface area (Å²) in [5, 5.41) is 0. The fraction of sp³-hybridized carbons (Fsp3) is 0.667. The number of nitrogens with zero attached hydrogens (tertiary/aromatic N) is 2. The molecule has 0 saturated carbocycles. The fourth-order valence-corrected chi connectivity index (χ4v) is 2.71. The molecule has 0 atom stereocenters. The molecule has 24 heavy (non-hydrogen) atoms. The molecule has 1 aliphatic heterocycles. The Hall–Kier alpha value is -1.72. The number of hydrogen-bond acceptors (Lipinski definition) is 3. The van der Waals surface area contributed by atoms with Crippen LogP contribution in [-0.4, -0.2) is 23.2 Å². The van der Waals surface area contributed by atoms with E-state index in [0.717, 1.165) is 5.56 Å². The number of anilines is 1. The summed E-state index contributed by atoms with van der Waals surface area (Å²) in [5.41, 5.74) is -0.106. The molecule has 0 N–H and O–H groups in total. The number of pyridine rings is 1. The number of alkyl halides is 2. The third-order valence-electron chi connectivity index (χ3n) is 4.14. The summed E-state index contributed by atoms with van der Waals surface area (Å²) in [7, 11) is 0. The smallest absolute Gasteiger partial charge is 0.414 e. The average molecular weight is 340 g/mol. The van der Waals surface area contributed by atoms with Crippen LogP contribution >= 0.6 is 0 Å². The van der Waals surface area contributed by atoms with E-state index >= 15 is 0 Å². The van der Waals surface area contributed by atoms with Crippen molar-refractivity contribution < 1.29 is 18.3 Å². The van der Waals surface area contributed by atoms with Crippen LogP contribution < -0.4 is 4.90 Å². The first kappa shape index (κ1) is 18.6. The van der Waals surface area contributed by atoms with Crippen LogP contribution in [0, 0.1) is 5.92 Å². The molecule has 0 aromatic carbocycles. The molecule has 0 unspecified atom stereocenters. The van der Waals surface area contributed by atoms with Gasteiger partial charge >= 0.3 is 6.09 Å². The van der Waals surface area contributed by atoms with Gasteiger partial charge in [0.1, 0.15) is 11.3 Å². The highest BCUT2D eigenvalue weighted by atomic mass is 19.3. The van der Waals surface area contributed by atoms with Gasteiger partial charge in [-0.3, -0.25) is 9.88 Å². The van der Waals surface area contributed by atoms with Crippen LogP contribution in [0.1, 0.15) is 59.7 Å². The Bertz CT molecular complexity index is 649. The van der Waals surface area contributed by atoms with Crippen molar-refractivity contribution in [1.29, 1.82) is 0 Å². The lowest BCUT2D eigenvalue weighted by Gasteiger charge is -2.26. The molecule has 2 heterocycles. The predicted molar refractivity (Wildman–Crippen MR) is 89.6 cm³/mol. The highest BCUT2D eigenvalue weighted by Gasteiger charge is 2.43. The second-order valence-corrected chi connectivity index (χ2v) is 8.31. The number of hydrogen-bond donors (Lipinski definition) is 0. The van der Waals surface area contributed by atoms with Crippen LogP contribution in [0.15, 0.2) is 12.3 Å². The van der Waals surface area contributed by atoms with E-state index < -0.39 is 23.5 Å². The number of ether oxygens (including phenoxy) is 1. The standard InChI is InChI=1S/C18H26F2N2O2/c1-11(2)18(19,20)14-8-13-12(9-21-14)17(6,7)10-22(13)15(23)24-16(3,4)5/h8-9,11H,10H2,1-7H3. The zero-order valence-electron chi connectivity index (χ0n) is 15.4. The quantitative estimate of drug-likeness (QED) is 0.772. The lowest BCUT2D eigenvalue weighted by Crippen LogP contribution is -2.38. The van der Waals surface area contributed by atoms with E-state index in [-0.39, 0.29) is 11.1 Å². The molecule has 0 fully saturated rings. The van der Waals surface area contributed by atoms with Gasteiger partial charge in [0.15, 0.2) is 0 Å². The molecular weight excluding hydrogens is 314 g/mol. The molecule has 1 amide bonds. The largest absolute Gasteiger partial charge is 0.443 e. The van der Waals surface area contributed by atoms with Gasteiger partial charge < -0.3 is 4.74 Å². The average Bonchev–Trinajstić information content (AvgIpc) is 2.68. The van der Waals surface area contributed by atoms with Crippen molar-refractivity contribution in [2.24, 2.45) is 5.92 Å². The first-order valence-corrected chi connectivity index (χ1v) is 8.15. The molecule has 4 nitrogen and oxygen atoms in total. The van der Waals surface area contributed by atoms with E-state index in [4.69, 9.17) is 4.74 Å². The molecule has 0 bridgehead atoms. The van der Waals surface area contributed by atoms with Gasteiger partial charge in [0.25, 0.3) is 5.92 Å². The van der Waals surface area contributed by atoms with Crippen molar-refractivity contribution in [1.82, 2.24) is 4.98 Å². The van der Waals surface area contributed by atoms with Crippen LogP contribution in [-0.2, 0) is 16.1 Å². The topological polar surface area (TPSA) is 42.4 Å². The number of aromatic nitrogens is 1. The van der Waals surface area contributed by atoms with Crippen molar-refractivity contribution in [3.63, 3.8) is 0 Å². The van der Waals surface area contributed by atoms with Gasteiger partial charge in [0, 0.05) is 29.6 Å². The summed E-state index contributed by atoms with van der Waals surface area (Å²) < 4.78 is 34.1. The second kappa shape index (κ2) is 5.67. The maximum atomic E-state index is 14.3. The molecule has 1 aliphatic rings. The molecule has 0 saturated heterocycles. The van der Waals surface area contributed by atoms with Crippen molar-refractivity contribution in [2.45, 2.75) is 65.4 Å². The highest BCUT2D eigenvalue weighted by molar-refractivity contribution is 5.91. The van der Waals surface area contributed by atoms with Gasteiger partial charge in [-0.05, 0) is 26.8 Å². The van der Waals surface area contributed by atoms with Crippen LogP contribution in [0.4, 0.5) is 19.3 Å². The maximum absolute atomic E-state index is 14.3. The molecule has 0 spiro atoms. The van der Waals surface area contributed by atoms with E-state index in [1.165, 1.54) is 31.0 Å². The minimum absolute atomic E-state index is 0.317. The normalized spacial score (nSPS) is 17.2. The summed E-state index contributed by atoms with van der Waals surface area (Å²) in [6.07, 6.45) is 0.935. The Balaban J connectivity index is 2.47. The Morgan fingerprint density at radius 1 is 1.33 bits per heavy atom. The number of carbonyl (C=O) groups is 1. The number of rotatable bonds is 2. The Kier molecular flexibility index (Phi) is 4.40. The zero-order valence-corrected chi connectivity index (χ0v) is 15.4. The van der Waals surface area contributed by atoms with Crippen LogP contribution in [0.3, 0.4) is 0 Å². The minimum atomic E-state index is -3.05. The van der Waals surface area contributed by atoms with Gasteiger partial charge in [-0.1, -0.05) is 27.7 Å². The molecule has 0 radical (unpaired) electrons. The lowest BCUT2D eigenvalue weighted by molar-refractivity contribution is -0.0554. The summed E-state index contributed by atoms with van der Waals surface area (Å²) in [5.74, 6) is -3.94. The van der Waals surface area contributed by atoms with E-state index in [2.05, 4.69) is 4.98 Å². The van der Waals surface area contributed by atoms with Crippen molar-refractivity contribution in [3.05, 3.63) is 23.5 Å². The molecular formula is C18H26F2N2O2. The van der Waals surface area contributed by atoms with Gasteiger partial charge in [-0.25, -0.2) is 4.79 Å². The summed E-state index contributed by atoms with van der Waals surface area (Å²) in [4.78, 5) is 17.9. The summed E-state index contributed by atoms with van der Waals surface area (Å²) in [6.45, 7) is 12.5. The van der Waals surface area contributed by atoms with Crippen molar-refractivity contribution >= 4 is 11.8 Å². The molecule has 134 valence electrons. The van der Waals surface area contributed by atoms with Gasteiger partial charge in [0.05, 0.1) is 5.69 Å². The molecule has 1 aromatic heterocycles. The summed E-state index contributed by atoms with van der Waals surface area (Å²) in [6, 6.07) is 1.33. The number of amides is 1. The van der Waals surface area contributed by atoms with Gasteiger partial charge in [-0.15, -0.1) is 0 Å². The third-order valence-corrected chi connectivity index (χ3v) is 4.14. The summed E-state index contributed by atoms with van der Waals surface area (Å²) >= 11 is 0. The lowest BCUT2D eigenvalue weighted by atomic mass is 9.88. The minimum Gasteiger partial charge on any atom is -0.443 e. The third kappa shape index (κ3) is 3.37. The second-order valence-electron chi connectivity index (χ2n) is 8.31. The first-order valence-electron chi connectivity index (χ1n) is 8.15. The fourth-order valence-electron chi connectivity index (χ4n) is 2.71. The van der Waals surface area contributed by atoms with Crippen LogP contribution in [0.5, 0.6) is 0 Å². The Morgan fingerprint density at radius 3 is 2.42 bits per heavy atom. The van der Waals surface area contributed by atoms with E-state index in [1.807, 2.05) is 13.8 Å². The predicted octanol–water partition coefficient (Wildman–Crippen LogP) is 4.86. The van der Waals surface area contributed by atoms with E-state index in [0.29, 0.717) is 12.2 Å². The van der Waals surface area contributed by atoms with Crippen LogP contribution in [0.25, 0.3) is 0 Å². The van der Waals surface area contributed by atoms with E-state index in [9.17, 15) is 13.6 Å². The highest BCUT2D eigenvalue weighted by Crippen LogP contribution is 2.44. The SMILES string of the molecule is CC(C)C(F)(F)c1cc2c(cn1)C(C)(C)CN2C(=O)OC(C)(C)C. The Labute approximate surface area is 142 Å². The van der Waals surface area contributed by atoms with Gasteiger partial charge in [0.2, 0.25) is 0 Å². The molecule has 6 heteroatoms. The maximum Gasteiger partial charge on any atom is 0.414 e. The van der Waals surface area contributed by atoms with Crippen LogP contribution in [0.2, 0.25) is 0 Å². The molecule has 1 aromatic rings. The monoisotopic (exact) mass is 340 g/mol. The van der Waals surface area contributed by atoms with Crippen molar-refractivity contribution in [2.75, 3.05) is 11.4 Å².